The van der Waals surface area contributed by atoms with E-state index in [0.29, 0.717) is 11.3 Å². The van der Waals surface area contributed by atoms with Gasteiger partial charge in [-0.3, -0.25) is 9.69 Å². The number of anilines is 1. The fourth-order valence-corrected chi connectivity index (χ4v) is 1.80. The second-order valence-corrected chi connectivity index (χ2v) is 4.21. The molecule has 1 amide bonds. The van der Waals surface area contributed by atoms with Crippen LogP contribution >= 0.6 is 0 Å². The lowest BCUT2D eigenvalue weighted by atomic mass is 10.1. The second kappa shape index (κ2) is 4.70. The van der Waals surface area contributed by atoms with Gasteiger partial charge >= 0.3 is 0 Å². The van der Waals surface area contributed by atoms with Crippen molar-refractivity contribution in [1.29, 1.82) is 5.26 Å². The Labute approximate surface area is 103 Å². The highest BCUT2D eigenvalue weighted by atomic mass is 19.3. The number of carbonyl (C=O) groups is 1. The van der Waals surface area contributed by atoms with Crippen LogP contribution in [0, 0.1) is 11.3 Å². The number of amides is 1. The minimum atomic E-state index is -2.68. The molecule has 1 aliphatic heterocycles. The van der Waals surface area contributed by atoms with Gasteiger partial charge in [0.25, 0.3) is 5.92 Å². The third kappa shape index (κ3) is 2.81. The first kappa shape index (κ1) is 12.5. The van der Waals surface area contributed by atoms with E-state index in [1.165, 1.54) is 4.90 Å². The maximum atomic E-state index is 12.6. The summed E-state index contributed by atoms with van der Waals surface area (Å²) in [7, 11) is 0. The molecule has 94 valence electrons. The molecule has 18 heavy (non-hydrogen) atoms. The molecule has 1 aromatic carbocycles. The topological polar surface area (TPSA) is 56.1 Å². The second-order valence-electron chi connectivity index (χ2n) is 4.21. The van der Waals surface area contributed by atoms with Crippen LogP contribution in [0.1, 0.15) is 5.56 Å². The largest absolute Gasteiger partial charge is 0.324 e. The molecule has 0 unspecified atom stereocenters. The van der Waals surface area contributed by atoms with E-state index in [1.807, 2.05) is 6.07 Å². The van der Waals surface area contributed by atoms with Crippen LogP contribution in [0.4, 0.5) is 14.5 Å². The van der Waals surface area contributed by atoms with Crippen molar-refractivity contribution >= 4 is 11.6 Å². The first-order chi connectivity index (χ1) is 8.50. The van der Waals surface area contributed by atoms with Crippen LogP contribution in [-0.2, 0) is 4.79 Å². The standard InChI is InChI=1S/C12H11F2N3O/c13-12(14)7-17(8-12)6-11(18)16-10-4-2-1-3-9(10)5-15/h1-4H,6-8H2,(H,16,18). The van der Waals surface area contributed by atoms with Crippen LogP contribution < -0.4 is 5.32 Å². The third-order valence-corrected chi connectivity index (χ3v) is 2.60. The number of nitrogens with one attached hydrogen (secondary N) is 1. The number of para-hydroxylation sites is 1. The van der Waals surface area contributed by atoms with Gasteiger partial charge in [-0.05, 0) is 12.1 Å². The highest BCUT2D eigenvalue weighted by molar-refractivity contribution is 5.93. The molecular formula is C12H11F2N3O. The van der Waals surface area contributed by atoms with E-state index >= 15 is 0 Å². The Morgan fingerprint density at radius 1 is 1.44 bits per heavy atom. The van der Waals surface area contributed by atoms with Gasteiger partial charge in [0, 0.05) is 0 Å². The van der Waals surface area contributed by atoms with Crippen molar-refractivity contribution in [3.63, 3.8) is 0 Å². The number of hydrogen-bond donors (Lipinski definition) is 1. The molecule has 1 heterocycles. The SMILES string of the molecule is N#Cc1ccccc1NC(=O)CN1CC(F)(F)C1. The Kier molecular flexibility index (Phi) is 3.26. The van der Waals surface area contributed by atoms with Crippen LogP contribution in [-0.4, -0.2) is 36.4 Å². The highest BCUT2D eigenvalue weighted by Gasteiger charge is 2.44. The molecule has 0 saturated carbocycles. The molecule has 1 aromatic rings. The van der Waals surface area contributed by atoms with E-state index in [9.17, 15) is 13.6 Å². The van der Waals surface area contributed by atoms with Gasteiger partial charge in [-0.25, -0.2) is 8.78 Å². The summed E-state index contributed by atoms with van der Waals surface area (Å²) < 4.78 is 25.1. The molecule has 0 radical (unpaired) electrons. The van der Waals surface area contributed by atoms with Gasteiger partial charge in [-0.2, -0.15) is 5.26 Å². The van der Waals surface area contributed by atoms with Crippen molar-refractivity contribution in [2.45, 2.75) is 5.92 Å². The molecule has 0 bridgehead atoms. The predicted molar refractivity (Wildman–Crippen MR) is 61.2 cm³/mol. The number of rotatable bonds is 3. The Morgan fingerprint density at radius 2 is 2.11 bits per heavy atom. The summed E-state index contributed by atoms with van der Waals surface area (Å²) in [5.74, 6) is -3.07. The zero-order chi connectivity index (χ0) is 13.2. The normalized spacial score (nSPS) is 17.6. The first-order valence-electron chi connectivity index (χ1n) is 5.39. The molecule has 0 aromatic heterocycles. The lowest BCUT2D eigenvalue weighted by Crippen LogP contribution is -2.57. The van der Waals surface area contributed by atoms with E-state index in [-0.39, 0.29) is 19.6 Å². The van der Waals surface area contributed by atoms with Gasteiger partial charge in [-0.1, -0.05) is 12.1 Å². The molecule has 4 nitrogen and oxygen atoms in total. The molecule has 0 aliphatic carbocycles. The van der Waals surface area contributed by atoms with Gasteiger partial charge in [0.15, 0.2) is 0 Å². The van der Waals surface area contributed by atoms with Gasteiger partial charge in [0.1, 0.15) is 6.07 Å². The molecular weight excluding hydrogens is 240 g/mol. The monoisotopic (exact) mass is 251 g/mol. The fourth-order valence-electron chi connectivity index (χ4n) is 1.80. The Hall–Kier alpha value is -2.00. The average Bonchev–Trinajstić information content (AvgIpc) is 2.27. The van der Waals surface area contributed by atoms with E-state index in [1.54, 1.807) is 24.3 Å². The summed E-state index contributed by atoms with van der Waals surface area (Å²) in [5, 5.41) is 11.4. The fraction of sp³-hybridized carbons (Fsp3) is 0.333. The molecule has 0 spiro atoms. The van der Waals surface area contributed by atoms with Crippen LogP contribution in [0.25, 0.3) is 0 Å². The zero-order valence-corrected chi connectivity index (χ0v) is 9.49. The van der Waals surface area contributed by atoms with Gasteiger partial charge in [0.2, 0.25) is 5.91 Å². The van der Waals surface area contributed by atoms with Crippen molar-refractivity contribution in [3.8, 4) is 6.07 Å². The lowest BCUT2D eigenvalue weighted by Gasteiger charge is -2.37. The summed E-state index contributed by atoms with van der Waals surface area (Å²) in [6.45, 7) is -0.865. The van der Waals surface area contributed by atoms with Crippen LogP contribution in [0.5, 0.6) is 0 Å². The first-order valence-corrected chi connectivity index (χ1v) is 5.39. The number of alkyl halides is 2. The maximum absolute atomic E-state index is 12.6. The van der Waals surface area contributed by atoms with Crippen molar-refractivity contribution < 1.29 is 13.6 Å². The molecule has 1 fully saturated rings. The number of halogens is 2. The lowest BCUT2D eigenvalue weighted by molar-refractivity contribution is -0.141. The predicted octanol–water partition coefficient (Wildman–Crippen LogP) is 1.45. The minimum Gasteiger partial charge on any atom is -0.324 e. The molecule has 2 rings (SSSR count). The number of hydrogen-bond acceptors (Lipinski definition) is 3. The maximum Gasteiger partial charge on any atom is 0.272 e. The van der Waals surface area contributed by atoms with Crippen molar-refractivity contribution in [1.82, 2.24) is 4.90 Å². The highest BCUT2D eigenvalue weighted by Crippen LogP contribution is 2.26. The summed E-state index contributed by atoms with van der Waals surface area (Å²) in [5.41, 5.74) is 0.747. The zero-order valence-electron chi connectivity index (χ0n) is 9.49. The Balaban J connectivity index is 1.90. The van der Waals surface area contributed by atoms with Crippen LogP contribution in [0.2, 0.25) is 0 Å². The molecule has 0 atom stereocenters. The quantitative estimate of drug-likeness (QED) is 0.884. The van der Waals surface area contributed by atoms with Crippen molar-refractivity contribution in [2.75, 3.05) is 25.0 Å². The molecule has 1 saturated heterocycles. The number of nitrogens with zero attached hydrogens (tertiary/aromatic N) is 2. The number of carbonyl (C=O) groups excluding carboxylic acids is 1. The Bertz CT molecular complexity index is 502. The molecule has 1 N–H and O–H groups in total. The van der Waals surface area contributed by atoms with Gasteiger partial charge < -0.3 is 5.32 Å². The molecule has 1 aliphatic rings. The van der Waals surface area contributed by atoms with Crippen molar-refractivity contribution in [2.24, 2.45) is 0 Å². The summed E-state index contributed by atoms with van der Waals surface area (Å²) in [6, 6.07) is 8.50. The minimum absolute atomic E-state index is 0.0879. The Morgan fingerprint density at radius 3 is 2.72 bits per heavy atom. The van der Waals surface area contributed by atoms with E-state index in [4.69, 9.17) is 5.26 Å². The molecule has 6 heteroatoms. The van der Waals surface area contributed by atoms with Gasteiger partial charge in [0.05, 0.1) is 30.9 Å². The van der Waals surface area contributed by atoms with Crippen molar-refractivity contribution in [3.05, 3.63) is 29.8 Å². The van der Waals surface area contributed by atoms with Crippen LogP contribution in [0.3, 0.4) is 0 Å². The number of nitriles is 1. The summed E-state index contributed by atoms with van der Waals surface area (Å²) in [4.78, 5) is 12.9. The van der Waals surface area contributed by atoms with Crippen LogP contribution in [0.15, 0.2) is 24.3 Å². The average molecular weight is 251 g/mol. The summed E-state index contributed by atoms with van der Waals surface area (Å²) in [6.07, 6.45) is 0. The third-order valence-electron chi connectivity index (χ3n) is 2.60. The number of benzene rings is 1. The number of likely N-dealkylation sites (tertiary alicyclic amines) is 1. The van der Waals surface area contributed by atoms with E-state index < -0.39 is 11.8 Å². The smallest absolute Gasteiger partial charge is 0.272 e. The van der Waals surface area contributed by atoms with E-state index in [0.717, 1.165) is 0 Å². The summed E-state index contributed by atoms with van der Waals surface area (Å²) >= 11 is 0. The van der Waals surface area contributed by atoms with Gasteiger partial charge in [-0.15, -0.1) is 0 Å². The van der Waals surface area contributed by atoms with E-state index in [2.05, 4.69) is 5.32 Å².